The lowest BCUT2D eigenvalue weighted by Gasteiger charge is -2.11. The fourth-order valence-electron chi connectivity index (χ4n) is 1.53. The first kappa shape index (κ1) is 11.7. The van der Waals surface area contributed by atoms with Crippen LogP contribution in [0.15, 0.2) is 5.51 Å². The highest BCUT2D eigenvalue weighted by atomic mass is 32.1. The molecule has 0 fully saturated rings. The Morgan fingerprint density at radius 1 is 1.57 bits per heavy atom. The SMILES string of the molecule is CCCC(C)NCCc1scnc1C. The molecule has 0 aliphatic rings. The minimum absolute atomic E-state index is 0.647. The number of thiazole rings is 1. The van der Waals surface area contributed by atoms with Crippen LogP contribution in [0.25, 0.3) is 0 Å². The monoisotopic (exact) mass is 212 g/mol. The molecule has 80 valence electrons. The van der Waals surface area contributed by atoms with Crippen molar-refractivity contribution < 1.29 is 0 Å². The smallest absolute Gasteiger partial charge is 0.0797 e. The summed E-state index contributed by atoms with van der Waals surface area (Å²) in [6.45, 7) is 7.64. The molecule has 0 radical (unpaired) electrons. The van der Waals surface area contributed by atoms with Crippen LogP contribution in [-0.2, 0) is 6.42 Å². The number of rotatable bonds is 6. The van der Waals surface area contributed by atoms with Gasteiger partial charge in [-0.05, 0) is 26.7 Å². The van der Waals surface area contributed by atoms with Crippen molar-refractivity contribution in [2.45, 2.75) is 46.1 Å². The topological polar surface area (TPSA) is 24.9 Å². The number of hydrogen-bond acceptors (Lipinski definition) is 3. The molecule has 14 heavy (non-hydrogen) atoms. The van der Waals surface area contributed by atoms with Gasteiger partial charge in [0.25, 0.3) is 0 Å². The van der Waals surface area contributed by atoms with Crippen molar-refractivity contribution in [2.75, 3.05) is 6.54 Å². The number of aromatic nitrogens is 1. The largest absolute Gasteiger partial charge is 0.314 e. The number of hydrogen-bond donors (Lipinski definition) is 1. The molecule has 1 atom stereocenters. The van der Waals surface area contributed by atoms with E-state index in [1.807, 2.05) is 5.51 Å². The highest BCUT2D eigenvalue weighted by Crippen LogP contribution is 2.12. The van der Waals surface area contributed by atoms with Crippen LogP contribution < -0.4 is 5.32 Å². The molecule has 1 unspecified atom stereocenters. The summed E-state index contributed by atoms with van der Waals surface area (Å²) in [5.74, 6) is 0. The standard InChI is InChI=1S/C11H20N2S/c1-4-5-9(2)12-7-6-11-10(3)13-8-14-11/h8-9,12H,4-7H2,1-3H3. The van der Waals surface area contributed by atoms with E-state index in [-0.39, 0.29) is 0 Å². The van der Waals surface area contributed by atoms with E-state index in [1.54, 1.807) is 11.3 Å². The average Bonchev–Trinajstić information content (AvgIpc) is 2.52. The third-order valence-electron chi connectivity index (χ3n) is 2.41. The molecule has 2 nitrogen and oxygen atoms in total. The Morgan fingerprint density at radius 3 is 2.93 bits per heavy atom. The van der Waals surface area contributed by atoms with Crippen LogP contribution in [0.1, 0.15) is 37.3 Å². The second kappa shape index (κ2) is 6.14. The van der Waals surface area contributed by atoms with Gasteiger partial charge in [-0.15, -0.1) is 11.3 Å². The fraction of sp³-hybridized carbons (Fsp3) is 0.727. The third kappa shape index (κ3) is 3.76. The van der Waals surface area contributed by atoms with E-state index in [0.717, 1.165) is 13.0 Å². The summed E-state index contributed by atoms with van der Waals surface area (Å²) in [6, 6.07) is 0.647. The summed E-state index contributed by atoms with van der Waals surface area (Å²) in [5, 5.41) is 3.53. The van der Waals surface area contributed by atoms with E-state index in [4.69, 9.17) is 0 Å². The summed E-state index contributed by atoms with van der Waals surface area (Å²) in [7, 11) is 0. The van der Waals surface area contributed by atoms with Crippen molar-refractivity contribution in [3.8, 4) is 0 Å². The fourth-order valence-corrected chi connectivity index (χ4v) is 2.31. The molecule has 1 aromatic heterocycles. The molecule has 1 rings (SSSR count). The van der Waals surface area contributed by atoms with Crippen LogP contribution >= 0.6 is 11.3 Å². The second-order valence-corrected chi connectivity index (χ2v) is 4.69. The molecule has 1 N–H and O–H groups in total. The normalized spacial score (nSPS) is 13.1. The minimum atomic E-state index is 0.647. The van der Waals surface area contributed by atoms with Crippen LogP contribution in [0.4, 0.5) is 0 Å². The zero-order valence-corrected chi connectivity index (χ0v) is 10.2. The van der Waals surface area contributed by atoms with Crippen molar-refractivity contribution >= 4 is 11.3 Å². The van der Waals surface area contributed by atoms with E-state index in [9.17, 15) is 0 Å². The Labute approximate surface area is 90.8 Å². The van der Waals surface area contributed by atoms with E-state index in [0.29, 0.717) is 6.04 Å². The lowest BCUT2D eigenvalue weighted by atomic mass is 10.2. The highest BCUT2D eigenvalue weighted by Gasteiger charge is 2.02. The maximum Gasteiger partial charge on any atom is 0.0797 e. The lowest BCUT2D eigenvalue weighted by molar-refractivity contribution is 0.512. The lowest BCUT2D eigenvalue weighted by Crippen LogP contribution is -2.27. The maximum absolute atomic E-state index is 4.24. The summed E-state index contributed by atoms with van der Waals surface area (Å²) in [5.41, 5.74) is 3.13. The molecule has 1 aromatic rings. The molecule has 0 bridgehead atoms. The van der Waals surface area contributed by atoms with Crippen molar-refractivity contribution in [1.29, 1.82) is 0 Å². The van der Waals surface area contributed by atoms with Crippen LogP contribution in [0.3, 0.4) is 0 Å². The Balaban J connectivity index is 2.19. The molecule has 0 spiro atoms. The van der Waals surface area contributed by atoms with Gasteiger partial charge in [-0.2, -0.15) is 0 Å². The van der Waals surface area contributed by atoms with Gasteiger partial charge in [-0.3, -0.25) is 0 Å². The summed E-state index contributed by atoms with van der Waals surface area (Å²) in [4.78, 5) is 5.66. The van der Waals surface area contributed by atoms with E-state index in [1.165, 1.54) is 23.4 Å². The average molecular weight is 212 g/mol. The Kier molecular flexibility index (Phi) is 5.12. The zero-order valence-electron chi connectivity index (χ0n) is 9.34. The van der Waals surface area contributed by atoms with Crippen molar-refractivity contribution in [1.82, 2.24) is 10.3 Å². The van der Waals surface area contributed by atoms with Gasteiger partial charge in [0.15, 0.2) is 0 Å². The summed E-state index contributed by atoms with van der Waals surface area (Å²) in [6.07, 6.45) is 3.64. The molecule has 0 aliphatic heterocycles. The molecular weight excluding hydrogens is 192 g/mol. The minimum Gasteiger partial charge on any atom is -0.314 e. The number of nitrogens with one attached hydrogen (secondary N) is 1. The highest BCUT2D eigenvalue weighted by molar-refractivity contribution is 7.09. The summed E-state index contributed by atoms with van der Waals surface area (Å²) >= 11 is 1.76. The Bertz CT molecular complexity index is 258. The summed E-state index contributed by atoms with van der Waals surface area (Å²) < 4.78 is 0. The molecule has 0 saturated heterocycles. The van der Waals surface area contributed by atoms with Gasteiger partial charge >= 0.3 is 0 Å². The van der Waals surface area contributed by atoms with Crippen LogP contribution in [0.5, 0.6) is 0 Å². The maximum atomic E-state index is 4.24. The molecule has 3 heteroatoms. The first-order valence-corrected chi connectivity index (χ1v) is 6.24. The third-order valence-corrected chi connectivity index (χ3v) is 3.41. The molecule has 0 amide bonds. The van der Waals surface area contributed by atoms with Crippen molar-refractivity contribution in [3.05, 3.63) is 16.1 Å². The molecule has 0 saturated carbocycles. The second-order valence-electron chi connectivity index (χ2n) is 3.75. The van der Waals surface area contributed by atoms with E-state index < -0.39 is 0 Å². The van der Waals surface area contributed by atoms with Gasteiger partial charge in [-0.1, -0.05) is 13.3 Å². The molecule has 1 heterocycles. The number of nitrogens with zero attached hydrogens (tertiary/aromatic N) is 1. The van der Waals surface area contributed by atoms with Gasteiger partial charge in [0.2, 0.25) is 0 Å². The van der Waals surface area contributed by atoms with E-state index >= 15 is 0 Å². The molecule has 0 aromatic carbocycles. The predicted molar refractivity (Wildman–Crippen MR) is 62.9 cm³/mol. The first-order chi connectivity index (χ1) is 6.74. The van der Waals surface area contributed by atoms with Crippen molar-refractivity contribution in [2.24, 2.45) is 0 Å². The Hall–Kier alpha value is -0.410. The van der Waals surface area contributed by atoms with Gasteiger partial charge in [0.05, 0.1) is 11.2 Å². The van der Waals surface area contributed by atoms with E-state index in [2.05, 4.69) is 31.1 Å². The molecular formula is C11H20N2S. The quantitative estimate of drug-likeness (QED) is 0.784. The number of aryl methyl sites for hydroxylation is 1. The van der Waals surface area contributed by atoms with Gasteiger partial charge in [-0.25, -0.2) is 4.98 Å². The van der Waals surface area contributed by atoms with Gasteiger partial charge < -0.3 is 5.32 Å². The Morgan fingerprint density at radius 2 is 2.36 bits per heavy atom. The van der Waals surface area contributed by atoms with Gasteiger partial charge in [0.1, 0.15) is 0 Å². The molecule has 0 aliphatic carbocycles. The van der Waals surface area contributed by atoms with Gasteiger partial charge in [0, 0.05) is 17.5 Å². The zero-order chi connectivity index (χ0) is 10.4. The van der Waals surface area contributed by atoms with Crippen LogP contribution in [0, 0.1) is 6.92 Å². The predicted octanol–water partition coefficient (Wildman–Crippen LogP) is 2.77. The van der Waals surface area contributed by atoms with Crippen LogP contribution in [-0.4, -0.2) is 17.6 Å². The first-order valence-electron chi connectivity index (χ1n) is 5.36. The van der Waals surface area contributed by atoms with Crippen molar-refractivity contribution in [3.63, 3.8) is 0 Å². The van der Waals surface area contributed by atoms with Crippen LogP contribution in [0.2, 0.25) is 0 Å².